The number of benzene rings is 2. The molecule has 0 saturated carbocycles. The molecule has 1 aromatic heterocycles. The first-order valence-electron chi connectivity index (χ1n) is 7.61. The van der Waals surface area contributed by atoms with Gasteiger partial charge in [-0.3, -0.25) is 0 Å². The van der Waals surface area contributed by atoms with Crippen LogP contribution < -0.4 is 4.74 Å². The van der Waals surface area contributed by atoms with Gasteiger partial charge in [0.25, 0.3) is 0 Å². The fourth-order valence-electron chi connectivity index (χ4n) is 2.69. The van der Waals surface area contributed by atoms with Crippen LogP contribution in [0.15, 0.2) is 54.6 Å². The van der Waals surface area contributed by atoms with Crippen LogP contribution in [-0.2, 0) is 11.3 Å². The van der Waals surface area contributed by atoms with Crippen LogP contribution in [0.5, 0.6) is 5.75 Å². The van der Waals surface area contributed by atoms with Crippen LogP contribution in [0, 0.1) is 0 Å². The van der Waals surface area contributed by atoms with E-state index in [1.54, 1.807) is 7.11 Å². The summed E-state index contributed by atoms with van der Waals surface area (Å²) in [5.74, 6) is 0.461. The Labute approximate surface area is 135 Å². The predicted molar refractivity (Wildman–Crippen MR) is 90.0 cm³/mol. The van der Waals surface area contributed by atoms with Crippen molar-refractivity contribution in [2.75, 3.05) is 13.7 Å². The average Bonchev–Trinajstić information content (AvgIpc) is 2.94. The molecule has 4 nitrogen and oxygen atoms in total. The summed E-state index contributed by atoms with van der Waals surface area (Å²) >= 11 is 0. The molecule has 3 aromatic rings. The van der Waals surface area contributed by atoms with Crippen LogP contribution in [0.4, 0.5) is 0 Å². The van der Waals surface area contributed by atoms with Gasteiger partial charge in [0.15, 0.2) is 0 Å². The molecule has 0 aliphatic heterocycles. The first-order valence-corrected chi connectivity index (χ1v) is 7.61. The summed E-state index contributed by atoms with van der Waals surface area (Å²) in [6, 6.07) is 17.7. The molecule has 0 aliphatic rings. The van der Waals surface area contributed by atoms with E-state index in [0.717, 1.165) is 22.2 Å². The number of carbonyl (C=O) groups excluding carboxylic acids is 1. The van der Waals surface area contributed by atoms with Crippen LogP contribution in [0.2, 0.25) is 0 Å². The second-order valence-corrected chi connectivity index (χ2v) is 5.25. The van der Waals surface area contributed by atoms with Crippen molar-refractivity contribution in [3.05, 3.63) is 65.9 Å². The molecule has 0 N–H and O–H groups in total. The highest BCUT2D eigenvalue weighted by Gasteiger charge is 2.17. The number of hydrogen-bond acceptors (Lipinski definition) is 3. The van der Waals surface area contributed by atoms with Crippen LogP contribution in [0.25, 0.3) is 10.9 Å². The second-order valence-electron chi connectivity index (χ2n) is 5.25. The van der Waals surface area contributed by atoms with E-state index in [1.807, 2.05) is 66.1 Å². The van der Waals surface area contributed by atoms with Gasteiger partial charge >= 0.3 is 5.97 Å². The monoisotopic (exact) mass is 309 g/mol. The van der Waals surface area contributed by atoms with Crippen LogP contribution in [0.3, 0.4) is 0 Å². The maximum absolute atomic E-state index is 12.3. The minimum absolute atomic E-state index is 0.307. The van der Waals surface area contributed by atoms with Crippen molar-refractivity contribution >= 4 is 16.9 Å². The molecule has 118 valence electrons. The third-order valence-corrected chi connectivity index (χ3v) is 3.78. The van der Waals surface area contributed by atoms with Crippen LogP contribution >= 0.6 is 0 Å². The van der Waals surface area contributed by atoms with E-state index in [0.29, 0.717) is 18.8 Å². The minimum atomic E-state index is -0.307. The highest BCUT2D eigenvalue weighted by atomic mass is 16.5. The summed E-state index contributed by atoms with van der Waals surface area (Å²) in [5, 5.41) is 0.961. The van der Waals surface area contributed by atoms with E-state index in [1.165, 1.54) is 0 Å². The molecule has 3 rings (SSSR count). The molecule has 1 heterocycles. The zero-order valence-electron chi connectivity index (χ0n) is 13.3. The van der Waals surface area contributed by atoms with Gasteiger partial charge in [0.1, 0.15) is 11.4 Å². The summed E-state index contributed by atoms with van der Waals surface area (Å²) in [5.41, 5.74) is 2.67. The van der Waals surface area contributed by atoms with Crippen molar-refractivity contribution < 1.29 is 14.3 Å². The van der Waals surface area contributed by atoms with Crippen molar-refractivity contribution in [1.82, 2.24) is 4.57 Å². The zero-order valence-corrected chi connectivity index (χ0v) is 13.3. The Balaban J connectivity index is 2.11. The Kier molecular flexibility index (Phi) is 4.33. The number of ether oxygens (including phenoxy) is 2. The largest absolute Gasteiger partial charge is 0.497 e. The molecule has 0 atom stereocenters. The predicted octanol–water partition coefficient (Wildman–Crippen LogP) is 3.87. The maximum atomic E-state index is 12.3. The lowest BCUT2D eigenvalue weighted by atomic mass is 10.2. The lowest BCUT2D eigenvalue weighted by molar-refractivity contribution is 0.0515. The van der Waals surface area contributed by atoms with E-state index in [2.05, 4.69) is 0 Å². The van der Waals surface area contributed by atoms with Crippen LogP contribution in [0.1, 0.15) is 23.0 Å². The molecule has 0 spiro atoms. The lowest BCUT2D eigenvalue weighted by Crippen LogP contribution is -2.12. The highest BCUT2D eigenvalue weighted by Crippen LogP contribution is 2.26. The Hall–Kier alpha value is -2.75. The SMILES string of the molecule is CCOC(=O)c1cc2cc(OC)ccc2n1Cc1ccccc1. The van der Waals surface area contributed by atoms with Gasteiger partial charge < -0.3 is 14.0 Å². The fraction of sp³-hybridized carbons (Fsp3) is 0.211. The van der Waals surface area contributed by atoms with E-state index in [4.69, 9.17) is 9.47 Å². The quantitative estimate of drug-likeness (QED) is 0.672. The molecular weight excluding hydrogens is 290 g/mol. The molecule has 0 radical (unpaired) electrons. The number of aromatic nitrogens is 1. The molecular formula is C19H19NO3. The third kappa shape index (κ3) is 3.06. The first-order chi connectivity index (χ1) is 11.2. The number of methoxy groups -OCH3 is 1. The van der Waals surface area contributed by atoms with Gasteiger partial charge in [-0.1, -0.05) is 30.3 Å². The summed E-state index contributed by atoms with van der Waals surface area (Å²) in [6.07, 6.45) is 0. The molecule has 0 unspecified atom stereocenters. The van der Waals surface area contributed by atoms with Crippen LogP contribution in [-0.4, -0.2) is 24.3 Å². The molecule has 2 aromatic carbocycles. The van der Waals surface area contributed by atoms with Gasteiger partial charge in [-0.15, -0.1) is 0 Å². The number of fused-ring (bicyclic) bond motifs is 1. The molecule has 0 amide bonds. The second kappa shape index (κ2) is 6.57. The summed E-state index contributed by atoms with van der Waals surface area (Å²) < 4.78 is 12.5. The smallest absolute Gasteiger partial charge is 0.354 e. The van der Waals surface area contributed by atoms with E-state index < -0.39 is 0 Å². The fourth-order valence-corrected chi connectivity index (χ4v) is 2.69. The van der Waals surface area contributed by atoms with Crippen molar-refractivity contribution in [3.63, 3.8) is 0 Å². The van der Waals surface area contributed by atoms with E-state index in [9.17, 15) is 4.79 Å². The standard InChI is InChI=1S/C19H19NO3/c1-3-23-19(21)18-12-15-11-16(22-2)9-10-17(15)20(18)13-14-7-5-4-6-8-14/h4-12H,3,13H2,1-2H3. The van der Waals surface area contributed by atoms with Crippen molar-refractivity contribution in [1.29, 1.82) is 0 Å². The Morgan fingerprint density at radius 3 is 2.57 bits per heavy atom. The normalized spacial score (nSPS) is 10.7. The summed E-state index contributed by atoms with van der Waals surface area (Å²) in [4.78, 5) is 12.3. The molecule has 0 bridgehead atoms. The maximum Gasteiger partial charge on any atom is 0.354 e. The molecule has 0 fully saturated rings. The number of esters is 1. The van der Waals surface area contributed by atoms with Crippen molar-refractivity contribution in [2.45, 2.75) is 13.5 Å². The molecule has 23 heavy (non-hydrogen) atoms. The first kappa shape index (κ1) is 15.2. The number of hydrogen-bond donors (Lipinski definition) is 0. The van der Waals surface area contributed by atoms with E-state index >= 15 is 0 Å². The summed E-state index contributed by atoms with van der Waals surface area (Å²) in [7, 11) is 1.63. The van der Waals surface area contributed by atoms with Gasteiger partial charge in [0.2, 0.25) is 0 Å². The van der Waals surface area contributed by atoms with Gasteiger partial charge in [0.05, 0.1) is 13.7 Å². The third-order valence-electron chi connectivity index (χ3n) is 3.78. The van der Waals surface area contributed by atoms with Crippen molar-refractivity contribution in [2.24, 2.45) is 0 Å². The topological polar surface area (TPSA) is 40.5 Å². The lowest BCUT2D eigenvalue weighted by Gasteiger charge is -2.10. The van der Waals surface area contributed by atoms with Gasteiger partial charge in [-0.2, -0.15) is 0 Å². The zero-order chi connectivity index (χ0) is 16.2. The Morgan fingerprint density at radius 1 is 1.09 bits per heavy atom. The molecule has 4 heteroatoms. The number of rotatable bonds is 5. The van der Waals surface area contributed by atoms with Gasteiger partial charge in [-0.05, 0) is 36.8 Å². The number of nitrogens with zero attached hydrogens (tertiary/aromatic N) is 1. The Bertz CT molecular complexity index is 821. The molecule has 0 saturated heterocycles. The summed E-state index contributed by atoms with van der Waals surface area (Å²) in [6.45, 7) is 2.78. The molecule has 0 aliphatic carbocycles. The highest BCUT2D eigenvalue weighted by molar-refractivity contribution is 5.96. The van der Waals surface area contributed by atoms with Crippen molar-refractivity contribution in [3.8, 4) is 5.75 Å². The van der Waals surface area contributed by atoms with E-state index in [-0.39, 0.29) is 5.97 Å². The van der Waals surface area contributed by atoms with Gasteiger partial charge in [0, 0.05) is 17.4 Å². The average molecular weight is 309 g/mol. The van der Waals surface area contributed by atoms with Gasteiger partial charge in [-0.25, -0.2) is 4.79 Å². The Morgan fingerprint density at radius 2 is 1.87 bits per heavy atom. The minimum Gasteiger partial charge on any atom is -0.497 e. The number of carbonyl (C=O) groups is 1.